The van der Waals surface area contributed by atoms with Gasteiger partial charge in [0.15, 0.2) is 28.8 Å². The highest BCUT2D eigenvalue weighted by molar-refractivity contribution is 5.85. The second-order valence-electron chi connectivity index (χ2n) is 15.0. The third-order valence-electron chi connectivity index (χ3n) is 13.5. The molecule has 0 radical (unpaired) electrons. The van der Waals surface area contributed by atoms with Crippen molar-refractivity contribution in [2.45, 2.75) is 85.2 Å². The fourth-order valence-electron chi connectivity index (χ4n) is 11.7. The predicted molar refractivity (Wildman–Crippen MR) is 165 cm³/mol. The normalized spacial score (nSPS) is 42.2. The molecule has 10 atom stereocenters. The highest BCUT2D eigenvalue weighted by atomic mass is 16.7. The molecule has 4 fully saturated rings. The number of rotatable bonds is 3. The molecule has 0 aromatic heterocycles. The van der Waals surface area contributed by atoms with Crippen molar-refractivity contribution < 1.29 is 48.2 Å². The first kappa shape index (κ1) is 28.3. The number of aliphatic hydroxyl groups is 2. The number of aliphatic hydroxyl groups excluding tert-OH is 2. The molecule has 8 heterocycles. The van der Waals surface area contributed by atoms with Crippen LogP contribution in [0, 0.1) is 5.92 Å². The van der Waals surface area contributed by atoms with Crippen LogP contribution < -0.4 is 18.9 Å². The molecule has 2 aromatic carbocycles. The Balaban J connectivity index is 1.02. The van der Waals surface area contributed by atoms with Gasteiger partial charge in [0.05, 0.1) is 24.7 Å². The Morgan fingerprint density at radius 1 is 0.917 bits per heavy atom. The number of carbonyl (C=O) groups excluding carboxylic acids is 1. The highest BCUT2D eigenvalue weighted by Crippen LogP contribution is 2.67. The smallest absolute Gasteiger partial charge is 0.231 e. The van der Waals surface area contributed by atoms with Crippen LogP contribution in [0.5, 0.6) is 23.0 Å². The summed E-state index contributed by atoms with van der Waals surface area (Å²) in [5.74, 6) is 1.13. The van der Waals surface area contributed by atoms with Crippen molar-refractivity contribution in [1.82, 2.24) is 9.80 Å². The van der Waals surface area contributed by atoms with Crippen molar-refractivity contribution in [3.05, 3.63) is 58.4 Å². The van der Waals surface area contributed by atoms with Crippen LogP contribution in [0.1, 0.15) is 65.9 Å². The van der Waals surface area contributed by atoms with Gasteiger partial charge in [0.1, 0.15) is 18.0 Å². The van der Waals surface area contributed by atoms with E-state index in [1.165, 1.54) is 0 Å². The van der Waals surface area contributed by atoms with Crippen LogP contribution in [-0.4, -0.2) is 102 Å². The molecular weight excluding hydrogens is 620 g/mol. The largest absolute Gasteiger partial charge is 0.499 e. The van der Waals surface area contributed by atoms with E-state index < -0.39 is 41.1 Å². The fourth-order valence-corrected chi connectivity index (χ4v) is 11.7. The molecule has 10 unspecified atom stereocenters. The lowest BCUT2D eigenvalue weighted by atomic mass is 9.75. The monoisotopic (exact) mass is 658 g/mol. The van der Waals surface area contributed by atoms with E-state index in [1.54, 1.807) is 14.2 Å². The number of methoxy groups -OCH3 is 2. The van der Waals surface area contributed by atoms with E-state index in [1.807, 2.05) is 35.2 Å². The number of benzene rings is 2. The van der Waals surface area contributed by atoms with Crippen LogP contribution in [0.2, 0.25) is 0 Å². The Bertz CT molecular complexity index is 1830. The van der Waals surface area contributed by atoms with Crippen molar-refractivity contribution in [3.8, 4) is 23.0 Å². The zero-order valence-electron chi connectivity index (χ0n) is 26.8. The number of amides is 1. The summed E-state index contributed by atoms with van der Waals surface area (Å²) in [5, 5.41) is 23.9. The highest BCUT2D eigenvalue weighted by Gasteiger charge is 2.73. The van der Waals surface area contributed by atoms with Crippen LogP contribution in [0.15, 0.2) is 36.1 Å². The second kappa shape index (κ2) is 9.16. The molecule has 10 aliphatic rings. The lowest BCUT2D eigenvalue weighted by Crippen LogP contribution is -2.53. The number of hydrogen-bond donors (Lipinski definition) is 2. The molecule has 2 N–H and O–H groups in total. The van der Waals surface area contributed by atoms with Gasteiger partial charge in [-0.3, -0.25) is 9.69 Å². The quantitative estimate of drug-likeness (QED) is 0.505. The third kappa shape index (κ3) is 3.18. The van der Waals surface area contributed by atoms with Gasteiger partial charge in [0, 0.05) is 50.0 Å². The molecule has 252 valence electrons. The molecule has 2 aliphatic carbocycles. The average molecular weight is 659 g/mol. The summed E-state index contributed by atoms with van der Waals surface area (Å²) < 4.78 is 41.7. The lowest BCUT2D eigenvalue weighted by molar-refractivity contribution is -0.277. The van der Waals surface area contributed by atoms with Crippen molar-refractivity contribution in [2.75, 3.05) is 40.9 Å². The molecule has 2 aromatic rings. The molecule has 48 heavy (non-hydrogen) atoms. The van der Waals surface area contributed by atoms with E-state index in [9.17, 15) is 15.0 Å². The second-order valence-corrected chi connectivity index (χ2v) is 15.0. The number of hydrogen-bond acceptors (Lipinski definition) is 11. The van der Waals surface area contributed by atoms with E-state index in [-0.39, 0.29) is 37.4 Å². The number of nitrogens with zero attached hydrogens (tertiary/aromatic N) is 2. The first-order valence-corrected chi connectivity index (χ1v) is 17.1. The first-order chi connectivity index (χ1) is 23.3. The van der Waals surface area contributed by atoms with Crippen molar-refractivity contribution in [3.63, 3.8) is 0 Å². The molecule has 4 bridgehead atoms. The maximum Gasteiger partial charge on any atom is 0.231 e. The van der Waals surface area contributed by atoms with Gasteiger partial charge >= 0.3 is 0 Å². The summed E-state index contributed by atoms with van der Waals surface area (Å²) >= 11 is 0. The third-order valence-corrected chi connectivity index (χ3v) is 13.5. The molecule has 3 saturated heterocycles. The van der Waals surface area contributed by atoms with Gasteiger partial charge in [-0.25, -0.2) is 0 Å². The molecule has 12 rings (SSSR count). The van der Waals surface area contributed by atoms with Gasteiger partial charge in [-0.15, -0.1) is 0 Å². The van der Waals surface area contributed by atoms with Crippen LogP contribution in [0.3, 0.4) is 0 Å². The van der Waals surface area contributed by atoms with E-state index in [4.69, 9.17) is 33.2 Å². The zero-order valence-corrected chi connectivity index (χ0v) is 26.8. The van der Waals surface area contributed by atoms with Gasteiger partial charge in [-0.1, -0.05) is 0 Å². The van der Waals surface area contributed by atoms with Crippen molar-refractivity contribution in [2.24, 2.45) is 5.92 Å². The van der Waals surface area contributed by atoms with E-state index >= 15 is 0 Å². The molecular formula is C36H38N2O10. The van der Waals surface area contributed by atoms with Crippen LogP contribution in [0.25, 0.3) is 0 Å². The van der Waals surface area contributed by atoms with Crippen LogP contribution >= 0.6 is 0 Å². The lowest BCUT2D eigenvalue weighted by Gasteiger charge is -2.42. The van der Waals surface area contributed by atoms with Gasteiger partial charge < -0.3 is 48.3 Å². The van der Waals surface area contributed by atoms with Crippen LogP contribution in [0.4, 0.5) is 0 Å². The standard InChI is InChI=1S/C36H38N2O10/c1-42-27-12-35-11-21(33(41)37(35)6-4-17-7-23-24(45-15-44-23)8-18(17)29(35)31(27)39)22-3-5-34-14-36(43-2)32(40)30(34)20-10-26-25(46-16-47-26)9-19(20)28(48-36)13-38(22)34/h7-10,12,21-22,28-32,39-40H,3-6,11,13-16H2,1-2H3. The Labute approximate surface area is 277 Å². The van der Waals surface area contributed by atoms with Crippen molar-refractivity contribution in [1.29, 1.82) is 0 Å². The molecule has 2 spiro atoms. The molecule has 1 amide bonds. The van der Waals surface area contributed by atoms with Gasteiger partial charge in [-0.05, 0) is 78.3 Å². The first-order valence-electron chi connectivity index (χ1n) is 17.1. The Morgan fingerprint density at radius 2 is 1.62 bits per heavy atom. The van der Waals surface area contributed by atoms with Gasteiger partial charge in [0.25, 0.3) is 0 Å². The predicted octanol–water partition coefficient (Wildman–Crippen LogP) is 2.46. The summed E-state index contributed by atoms with van der Waals surface area (Å²) in [6.07, 6.45) is 3.12. The van der Waals surface area contributed by atoms with E-state index in [2.05, 4.69) is 4.90 Å². The average Bonchev–Trinajstić information content (AvgIpc) is 3.89. The molecule has 8 aliphatic heterocycles. The SMILES string of the molecule is COC1=CC23CC(C4CCC56CC7(OC)OC(CN45)c4cc5c(cc4C6C7O)OCO5)C(=O)N2CCc2cc4c(cc2C3C1O)OCO4. The van der Waals surface area contributed by atoms with E-state index in [0.717, 1.165) is 35.1 Å². The topological polar surface area (TPSA) is 129 Å². The Hall–Kier alpha value is -3.55. The minimum Gasteiger partial charge on any atom is -0.499 e. The minimum atomic E-state index is -1.16. The van der Waals surface area contributed by atoms with E-state index in [0.29, 0.717) is 61.1 Å². The maximum atomic E-state index is 14.9. The summed E-state index contributed by atoms with van der Waals surface area (Å²) in [7, 11) is 3.21. The van der Waals surface area contributed by atoms with Crippen LogP contribution in [-0.2, 0) is 25.4 Å². The maximum absolute atomic E-state index is 14.9. The Kier molecular flexibility index (Phi) is 5.40. The zero-order chi connectivity index (χ0) is 32.3. The molecule has 1 saturated carbocycles. The van der Waals surface area contributed by atoms with Crippen molar-refractivity contribution >= 4 is 5.91 Å². The molecule has 12 nitrogen and oxygen atoms in total. The number of ether oxygens (including phenoxy) is 7. The summed E-state index contributed by atoms with van der Waals surface area (Å²) in [5.41, 5.74) is 2.81. The fraction of sp³-hybridized carbons (Fsp3) is 0.583. The number of carbonyl (C=O) groups is 1. The Morgan fingerprint density at radius 3 is 2.35 bits per heavy atom. The summed E-state index contributed by atoms with van der Waals surface area (Å²) in [6, 6.07) is 7.97. The summed E-state index contributed by atoms with van der Waals surface area (Å²) in [4.78, 5) is 19.4. The minimum absolute atomic E-state index is 0.0898. The van der Waals surface area contributed by atoms with Gasteiger partial charge in [-0.2, -0.15) is 0 Å². The number of fused-ring (bicyclic) bond motifs is 4. The summed E-state index contributed by atoms with van der Waals surface area (Å²) in [6.45, 7) is 1.43. The van der Waals surface area contributed by atoms with Gasteiger partial charge in [0.2, 0.25) is 19.5 Å². The molecule has 12 heteroatoms.